The summed E-state index contributed by atoms with van der Waals surface area (Å²) in [5, 5.41) is 6.08. The molecule has 1 amide bonds. The second-order valence-corrected chi connectivity index (χ2v) is 5.62. The van der Waals surface area contributed by atoms with E-state index in [1.54, 1.807) is 20.1 Å². The highest BCUT2D eigenvalue weighted by atomic mass is 16.5. The normalized spacial score (nSPS) is 10.3. The van der Waals surface area contributed by atoms with Gasteiger partial charge in [-0.1, -0.05) is 19.4 Å². The highest BCUT2D eigenvalue weighted by Gasteiger charge is 2.11. The predicted molar refractivity (Wildman–Crippen MR) is 95.0 cm³/mol. The van der Waals surface area contributed by atoms with Crippen molar-refractivity contribution in [2.45, 2.75) is 33.6 Å². The van der Waals surface area contributed by atoms with Crippen molar-refractivity contribution in [3.8, 4) is 5.75 Å². The third-order valence-electron chi connectivity index (χ3n) is 3.50. The highest BCUT2D eigenvalue weighted by Crippen LogP contribution is 2.28. The second-order valence-electron chi connectivity index (χ2n) is 5.62. The summed E-state index contributed by atoms with van der Waals surface area (Å²) in [4.78, 5) is 20.8. The smallest absolute Gasteiger partial charge is 0.270 e. The van der Waals surface area contributed by atoms with Gasteiger partial charge in [-0.3, -0.25) is 4.79 Å². The van der Waals surface area contributed by atoms with Gasteiger partial charge in [0.1, 0.15) is 23.1 Å². The van der Waals surface area contributed by atoms with Crippen LogP contribution in [-0.4, -0.2) is 29.5 Å². The van der Waals surface area contributed by atoms with Gasteiger partial charge in [0.2, 0.25) is 0 Å². The molecular formula is C18H24N4O2. The zero-order valence-electron chi connectivity index (χ0n) is 14.6. The molecule has 24 heavy (non-hydrogen) atoms. The van der Waals surface area contributed by atoms with Crippen LogP contribution in [0.4, 0.5) is 11.5 Å². The topological polar surface area (TPSA) is 76.1 Å². The maximum atomic E-state index is 12.2. The lowest BCUT2D eigenvalue weighted by Gasteiger charge is -2.12. The van der Waals surface area contributed by atoms with Crippen LogP contribution in [0, 0.1) is 13.8 Å². The van der Waals surface area contributed by atoms with Gasteiger partial charge in [0.25, 0.3) is 5.91 Å². The molecule has 128 valence electrons. The largest absolute Gasteiger partial charge is 0.495 e. The molecule has 0 fully saturated rings. The Labute approximate surface area is 142 Å². The summed E-state index contributed by atoms with van der Waals surface area (Å²) in [6, 6.07) is 7.49. The summed E-state index contributed by atoms with van der Waals surface area (Å²) in [5.74, 6) is 1.62. The molecule has 6 heteroatoms. The number of rotatable bonds is 7. The molecule has 0 atom stereocenters. The monoisotopic (exact) mass is 328 g/mol. The van der Waals surface area contributed by atoms with Crippen molar-refractivity contribution < 1.29 is 9.53 Å². The SMILES string of the molecule is CCCCNC(=O)c1cc(Nc2cc(C)ccc2OC)nc(C)n1. The van der Waals surface area contributed by atoms with Crippen LogP contribution in [0.1, 0.15) is 41.6 Å². The number of benzene rings is 1. The van der Waals surface area contributed by atoms with E-state index in [-0.39, 0.29) is 5.91 Å². The maximum absolute atomic E-state index is 12.2. The Hall–Kier alpha value is -2.63. The van der Waals surface area contributed by atoms with Crippen LogP contribution in [-0.2, 0) is 0 Å². The minimum atomic E-state index is -0.187. The Morgan fingerprint density at radius 3 is 2.71 bits per heavy atom. The third kappa shape index (κ3) is 4.68. The molecule has 2 N–H and O–H groups in total. The zero-order chi connectivity index (χ0) is 17.5. The number of aromatic nitrogens is 2. The van der Waals surface area contributed by atoms with Crippen LogP contribution in [0.25, 0.3) is 0 Å². The summed E-state index contributed by atoms with van der Waals surface area (Å²) >= 11 is 0. The first-order valence-electron chi connectivity index (χ1n) is 8.09. The highest BCUT2D eigenvalue weighted by molar-refractivity contribution is 5.93. The van der Waals surface area contributed by atoms with Crippen molar-refractivity contribution in [3.63, 3.8) is 0 Å². The Kier molecular flexibility index (Phi) is 6.12. The van der Waals surface area contributed by atoms with Crippen LogP contribution in [0.15, 0.2) is 24.3 Å². The molecule has 0 saturated heterocycles. The standard InChI is InChI=1S/C18H24N4O2/c1-5-6-9-19-18(23)15-11-17(21-13(3)20-15)22-14-10-12(2)7-8-16(14)24-4/h7-8,10-11H,5-6,9H2,1-4H3,(H,19,23)(H,20,21,22). The lowest BCUT2D eigenvalue weighted by molar-refractivity contribution is 0.0948. The van der Waals surface area contributed by atoms with Crippen molar-refractivity contribution in [1.82, 2.24) is 15.3 Å². The van der Waals surface area contributed by atoms with Gasteiger partial charge in [-0.15, -0.1) is 0 Å². The maximum Gasteiger partial charge on any atom is 0.270 e. The van der Waals surface area contributed by atoms with E-state index in [4.69, 9.17) is 4.74 Å². The molecule has 0 radical (unpaired) electrons. The number of methoxy groups -OCH3 is 1. The first-order chi connectivity index (χ1) is 11.5. The summed E-state index contributed by atoms with van der Waals surface area (Å²) in [7, 11) is 1.62. The average Bonchev–Trinajstić information content (AvgIpc) is 2.54. The molecule has 0 unspecified atom stereocenters. The number of nitrogens with zero attached hydrogens (tertiary/aromatic N) is 2. The summed E-state index contributed by atoms with van der Waals surface area (Å²) in [6.07, 6.45) is 1.98. The Balaban J connectivity index is 2.22. The van der Waals surface area contributed by atoms with Crippen LogP contribution >= 0.6 is 0 Å². The van der Waals surface area contributed by atoms with E-state index in [9.17, 15) is 4.79 Å². The number of nitrogens with one attached hydrogen (secondary N) is 2. The molecule has 1 heterocycles. The van der Waals surface area contributed by atoms with E-state index in [1.165, 1.54) is 0 Å². The molecule has 0 aliphatic heterocycles. The van der Waals surface area contributed by atoms with Crippen LogP contribution in [0.2, 0.25) is 0 Å². The fourth-order valence-corrected chi connectivity index (χ4v) is 2.27. The quantitative estimate of drug-likeness (QED) is 0.762. The van der Waals surface area contributed by atoms with Crippen LogP contribution in [0.3, 0.4) is 0 Å². The molecule has 0 bridgehead atoms. The Morgan fingerprint density at radius 1 is 1.21 bits per heavy atom. The molecular weight excluding hydrogens is 304 g/mol. The molecule has 0 saturated carbocycles. The van der Waals surface area contributed by atoms with E-state index in [2.05, 4.69) is 27.5 Å². The number of aryl methyl sites for hydroxylation is 2. The summed E-state index contributed by atoms with van der Waals surface area (Å²) in [6.45, 7) is 6.50. The van der Waals surface area contributed by atoms with Crippen molar-refractivity contribution in [1.29, 1.82) is 0 Å². The number of carbonyl (C=O) groups excluding carboxylic acids is 1. The van der Waals surface area contributed by atoms with Crippen molar-refractivity contribution in [3.05, 3.63) is 41.3 Å². The molecule has 2 aromatic rings. The van der Waals surface area contributed by atoms with Gasteiger partial charge in [-0.25, -0.2) is 9.97 Å². The number of ether oxygens (including phenoxy) is 1. The van der Waals surface area contributed by atoms with Gasteiger partial charge in [-0.05, 0) is 38.0 Å². The number of carbonyl (C=O) groups is 1. The summed E-state index contributed by atoms with van der Waals surface area (Å²) in [5.41, 5.74) is 2.25. The molecule has 1 aromatic heterocycles. The molecule has 2 rings (SSSR count). The number of hydrogen-bond acceptors (Lipinski definition) is 5. The van der Waals surface area contributed by atoms with E-state index in [0.717, 1.165) is 24.1 Å². The van der Waals surface area contributed by atoms with Crippen molar-refractivity contribution in [2.24, 2.45) is 0 Å². The number of amides is 1. The van der Waals surface area contributed by atoms with Gasteiger partial charge in [0.15, 0.2) is 0 Å². The predicted octanol–water partition coefficient (Wildman–Crippen LogP) is 3.38. The van der Waals surface area contributed by atoms with E-state index >= 15 is 0 Å². The fourth-order valence-electron chi connectivity index (χ4n) is 2.27. The molecule has 0 spiro atoms. The zero-order valence-corrected chi connectivity index (χ0v) is 14.6. The second kappa shape index (κ2) is 8.29. The fraction of sp³-hybridized carbons (Fsp3) is 0.389. The lowest BCUT2D eigenvalue weighted by Crippen LogP contribution is -2.25. The lowest BCUT2D eigenvalue weighted by atomic mass is 10.2. The van der Waals surface area contributed by atoms with Crippen molar-refractivity contribution in [2.75, 3.05) is 19.0 Å². The number of anilines is 2. The molecule has 0 aliphatic rings. The first-order valence-corrected chi connectivity index (χ1v) is 8.09. The van der Waals surface area contributed by atoms with E-state index in [0.29, 0.717) is 29.6 Å². The first kappa shape index (κ1) is 17.7. The minimum Gasteiger partial charge on any atom is -0.495 e. The van der Waals surface area contributed by atoms with Gasteiger partial charge in [0, 0.05) is 12.6 Å². The Bertz CT molecular complexity index is 716. The van der Waals surface area contributed by atoms with Gasteiger partial charge >= 0.3 is 0 Å². The summed E-state index contributed by atoms with van der Waals surface area (Å²) < 4.78 is 5.36. The number of unbranched alkanes of at least 4 members (excludes halogenated alkanes) is 1. The average molecular weight is 328 g/mol. The Morgan fingerprint density at radius 2 is 2.00 bits per heavy atom. The molecule has 1 aromatic carbocycles. The van der Waals surface area contributed by atoms with E-state index in [1.807, 2.05) is 25.1 Å². The van der Waals surface area contributed by atoms with Gasteiger partial charge < -0.3 is 15.4 Å². The number of hydrogen-bond donors (Lipinski definition) is 2. The van der Waals surface area contributed by atoms with Gasteiger partial charge in [0.05, 0.1) is 12.8 Å². The van der Waals surface area contributed by atoms with Crippen LogP contribution in [0.5, 0.6) is 5.75 Å². The van der Waals surface area contributed by atoms with E-state index < -0.39 is 0 Å². The van der Waals surface area contributed by atoms with Gasteiger partial charge in [-0.2, -0.15) is 0 Å². The third-order valence-corrected chi connectivity index (χ3v) is 3.50. The minimum absolute atomic E-state index is 0.187. The molecule has 0 aliphatic carbocycles. The van der Waals surface area contributed by atoms with Crippen LogP contribution < -0.4 is 15.4 Å². The molecule has 6 nitrogen and oxygen atoms in total. The van der Waals surface area contributed by atoms with Crippen molar-refractivity contribution >= 4 is 17.4 Å².